The minimum atomic E-state index is -3.79. The summed E-state index contributed by atoms with van der Waals surface area (Å²) in [5, 5.41) is 0.808. The molecule has 3 aromatic rings. The van der Waals surface area contributed by atoms with Gasteiger partial charge in [-0.15, -0.1) is 11.3 Å². The molecule has 2 aliphatic rings. The van der Waals surface area contributed by atoms with Crippen LogP contribution < -0.4 is 0 Å². The molecule has 3 heterocycles. The molecule has 2 fully saturated rings. The Kier molecular flexibility index (Phi) is 5.83. The van der Waals surface area contributed by atoms with Crippen LogP contribution in [-0.2, 0) is 20.0 Å². The number of fused-ring (bicyclic) bond motifs is 1. The third kappa shape index (κ3) is 3.88. The van der Waals surface area contributed by atoms with E-state index in [0.29, 0.717) is 19.6 Å². The van der Waals surface area contributed by atoms with E-state index in [0.717, 1.165) is 47.3 Å². The average molecular weight is 492 g/mol. The molecule has 0 unspecified atom stereocenters. The van der Waals surface area contributed by atoms with E-state index in [1.165, 1.54) is 44.2 Å². The Morgan fingerprint density at radius 2 is 1.41 bits per heavy atom. The van der Waals surface area contributed by atoms with Crippen molar-refractivity contribution in [2.75, 3.05) is 19.6 Å². The van der Waals surface area contributed by atoms with Crippen molar-refractivity contribution in [3.05, 3.63) is 53.5 Å². The third-order valence-corrected chi connectivity index (χ3v) is 11.2. The van der Waals surface area contributed by atoms with E-state index in [4.69, 9.17) is 4.98 Å². The Balaban J connectivity index is 1.45. The summed E-state index contributed by atoms with van der Waals surface area (Å²) in [6.07, 6.45) is 4.17. The Labute approximate surface area is 192 Å². The van der Waals surface area contributed by atoms with Crippen molar-refractivity contribution >= 4 is 41.6 Å². The summed E-state index contributed by atoms with van der Waals surface area (Å²) in [6.45, 7) is 1.46. The van der Waals surface area contributed by atoms with Crippen molar-refractivity contribution < 1.29 is 16.8 Å². The molecule has 0 saturated carbocycles. The van der Waals surface area contributed by atoms with E-state index in [-0.39, 0.29) is 15.8 Å². The Bertz CT molecular complexity index is 1300. The van der Waals surface area contributed by atoms with E-state index in [2.05, 4.69) is 0 Å². The van der Waals surface area contributed by atoms with Crippen molar-refractivity contribution in [2.45, 2.75) is 47.9 Å². The second-order valence-corrected chi connectivity index (χ2v) is 13.1. The predicted octanol–water partition coefficient (Wildman–Crippen LogP) is 4.00. The standard InChI is InChI=1S/C22H25N3O4S3/c26-31(27,24-14-5-6-15-24)17-10-12-18(13-11-17)32(28,29)25-16-4-3-8-20(25)22-23-19-7-1-2-9-21(19)30-22/h1-2,7,9-13,20H,3-6,8,14-16H2/t20-/m1/s1. The minimum absolute atomic E-state index is 0.117. The van der Waals surface area contributed by atoms with Gasteiger partial charge in [0.05, 0.1) is 26.0 Å². The molecule has 0 radical (unpaired) electrons. The van der Waals surface area contributed by atoms with Gasteiger partial charge in [-0.3, -0.25) is 0 Å². The molecule has 0 amide bonds. The highest BCUT2D eigenvalue weighted by molar-refractivity contribution is 7.89. The number of hydrogen-bond acceptors (Lipinski definition) is 6. The second-order valence-electron chi connectivity index (χ2n) is 8.23. The lowest BCUT2D eigenvalue weighted by molar-refractivity contribution is 0.255. The lowest BCUT2D eigenvalue weighted by Gasteiger charge is -2.33. The van der Waals surface area contributed by atoms with Crippen LogP contribution >= 0.6 is 11.3 Å². The van der Waals surface area contributed by atoms with Gasteiger partial charge in [-0.05, 0) is 62.1 Å². The van der Waals surface area contributed by atoms with Gasteiger partial charge in [-0.25, -0.2) is 21.8 Å². The quantitative estimate of drug-likeness (QED) is 0.538. The van der Waals surface area contributed by atoms with Crippen molar-refractivity contribution in [2.24, 2.45) is 0 Å². The molecule has 5 rings (SSSR count). The molecule has 10 heteroatoms. The molecule has 0 spiro atoms. The minimum Gasteiger partial charge on any atom is -0.239 e. The molecule has 1 atom stereocenters. The van der Waals surface area contributed by atoms with Crippen LogP contribution in [0, 0.1) is 0 Å². The van der Waals surface area contributed by atoms with Crippen molar-refractivity contribution in [1.82, 2.24) is 13.6 Å². The van der Waals surface area contributed by atoms with E-state index in [9.17, 15) is 16.8 Å². The zero-order chi connectivity index (χ0) is 22.3. The fraction of sp³-hybridized carbons (Fsp3) is 0.409. The molecule has 1 aromatic heterocycles. The van der Waals surface area contributed by atoms with Crippen LogP contribution in [0.3, 0.4) is 0 Å². The number of piperidine rings is 1. The fourth-order valence-electron chi connectivity index (χ4n) is 4.47. The molecule has 2 aliphatic heterocycles. The van der Waals surface area contributed by atoms with Crippen molar-refractivity contribution in [3.63, 3.8) is 0 Å². The van der Waals surface area contributed by atoms with Gasteiger partial charge in [0.15, 0.2) is 0 Å². The molecular formula is C22H25N3O4S3. The highest BCUT2D eigenvalue weighted by Gasteiger charge is 2.36. The lowest BCUT2D eigenvalue weighted by atomic mass is 10.1. The first kappa shape index (κ1) is 22.0. The maximum Gasteiger partial charge on any atom is 0.243 e. The summed E-state index contributed by atoms with van der Waals surface area (Å²) in [7, 11) is -7.36. The highest BCUT2D eigenvalue weighted by Crippen LogP contribution is 2.38. The summed E-state index contributed by atoms with van der Waals surface area (Å²) in [5.74, 6) is 0. The van der Waals surface area contributed by atoms with E-state index < -0.39 is 20.0 Å². The Hall–Kier alpha value is -1.85. The number of para-hydroxylation sites is 1. The average Bonchev–Trinajstić information content (AvgIpc) is 3.50. The second kappa shape index (κ2) is 8.49. The Morgan fingerprint density at radius 3 is 2.09 bits per heavy atom. The summed E-state index contributed by atoms with van der Waals surface area (Å²) < 4.78 is 56.7. The number of aromatic nitrogens is 1. The maximum atomic E-state index is 13.5. The van der Waals surface area contributed by atoms with Crippen LogP contribution in [0.1, 0.15) is 43.2 Å². The number of benzene rings is 2. The number of rotatable bonds is 5. The topological polar surface area (TPSA) is 87.6 Å². The molecule has 2 aromatic carbocycles. The lowest BCUT2D eigenvalue weighted by Crippen LogP contribution is -2.38. The number of nitrogens with zero attached hydrogens (tertiary/aromatic N) is 3. The van der Waals surface area contributed by atoms with Gasteiger partial charge < -0.3 is 0 Å². The van der Waals surface area contributed by atoms with Crippen LogP contribution in [0.4, 0.5) is 0 Å². The largest absolute Gasteiger partial charge is 0.243 e. The van der Waals surface area contributed by atoms with E-state index >= 15 is 0 Å². The molecule has 7 nitrogen and oxygen atoms in total. The summed E-state index contributed by atoms with van der Waals surface area (Å²) >= 11 is 1.54. The van der Waals surface area contributed by atoms with E-state index in [1.54, 1.807) is 0 Å². The summed E-state index contributed by atoms with van der Waals surface area (Å²) in [4.78, 5) is 4.97. The molecule has 170 valence electrons. The third-order valence-electron chi connectivity index (χ3n) is 6.18. The van der Waals surface area contributed by atoms with Gasteiger partial charge in [0.25, 0.3) is 0 Å². The van der Waals surface area contributed by atoms with Crippen LogP contribution in [-0.4, -0.2) is 50.1 Å². The number of thiazole rings is 1. The zero-order valence-corrected chi connectivity index (χ0v) is 20.0. The van der Waals surface area contributed by atoms with Gasteiger partial charge in [-0.2, -0.15) is 8.61 Å². The summed E-state index contributed by atoms with van der Waals surface area (Å²) in [5.41, 5.74) is 0.881. The maximum absolute atomic E-state index is 13.5. The SMILES string of the molecule is O=S(=O)(c1ccc(S(=O)(=O)N2CCCC[C@@H]2c2nc3ccccc3s2)cc1)N1CCCC1. The van der Waals surface area contributed by atoms with Gasteiger partial charge >= 0.3 is 0 Å². The fourth-order valence-corrected chi connectivity index (χ4v) is 8.83. The highest BCUT2D eigenvalue weighted by atomic mass is 32.2. The van der Waals surface area contributed by atoms with Gasteiger partial charge in [0.1, 0.15) is 5.01 Å². The monoisotopic (exact) mass is 491 g/mol. The molecular weight excluding hydrogens is 466 g/mol. The van der Waals surface area contributed by atoms with Gasteiger partial charge in [-0.1, -0.05) is 18.6 Å². The molecule has 0 bridgehead atoms. The molecule has 0 N–H and O–H groups in total. The first-order valence-corrected chi connectivity index (χ1v) is 14.5. The molecule has 0 aliphatic carbocycles. The van der Waals surface area contributed by atoms with Crippen LogP contribution in [0.2, 0.25) is 0 Å². The zero-order valence-electron chi connectivity index (χ0n) is 17.6. The van der Waals surface area contributed by atoms with Gasteiger partial charge in [0.2, 0.25) is 20.0 Å². The Morgan fingerprint density at radius 1 is 0.781 bits per heavy atom. The van der Waals surface area contributed by atoms with Crippen LogP contribution in [0.5, 0.6) is 0 Å². The van der Waals surface area contributed by atoms with Crippen LogP contribution in [0.15, 0.2) is 58.3 Å². The number of sulfonamides is 2. The number of hydrogen-bond donors (Lipinski definition) is 0. The van der Waals surface area contributed by atoms with E-state index in [1.807, 2.05) is 24.3 Å². The predicted molar refractivity (Wildman–Crippen MR) is 125 cm³/mol. The first-order valence-electron chi connectivity index (χ1n) is 10.8. The van der Waals surface area contributed by atoms with Crippen molar-refractivity contribution in [3.8, 4) is 0 Å². The first-order chi connectivity index (χ1) is 15.4. The smallest absolute Gasteiger partial charge is 0.239 e. The van der Waals surface area contributed by atoms with Crippen molar-refractivity contribution in [1.29, 1.82) is 0 Å². The molecule has 32 heavy (non-hydrogen) atoms. The van der Waals surface area contributed by atoms with Gasteiger partial charge in [0, 0.05) is 19.6 Å². The molecule has 2 saturated heterocycles. The van der Waals surface area contributed by atoms with Crippen LogP contribution in [0.25, 0.3) is 10.2 Å². The summed E-state index contributed by atoms with van der Waals surface area (Å²) in [6, 6.07) is 13.2. The normalized spacial score (nSPS) is 21.3.